The topological polar surface area (TPSA) is 44.8 Å². The molecule has 1 aromatic carbocycles. The van der Waals surface area contributed by atoms with Gasteiger partial charge in [-0.05, 0) is 55.2 Å². The van der Waals surface area contributed by atoms with Crippen LogP contribution in [0.2, 0.25) is 0 Å². The summed E-state index contributed by atoms with van der Waals surface area (Å²) < 4.78 is 5.42. The fourth-order valence-electron chi connectivity index (χ4n) is 4.41. The number of urea groups is 1. The largest absolute Gasteiger partial charge is 0.379 e. The van der Waals surface area contributed by atoms with Gasteiger partial charge in [-0.15, -0.1) is 0 Å². The van der Waals surface area contributed by atoms with Crippen molar-refractivity contribution in [2.24, 2.45) is 5.92 Å². The maximum atomic E-state index is 12.7. The van der Waals surface area contributed by atoms with Crippen LogP contribution in [0.25, 0.3) is 0 Å². The van der Waals surface area contributed by atoms with Crippen LogP contribution in [0.5, 0.6) is 0 Å². The molecular formula is C20H29N3O2. The van der Waals surface area contributed by atoms with Gasteiger partial charge in [0.15, 0.2) is 0 Å². The first-order valence-electron chi connectivity index (χ1n) is 9.76. The average Bonchev–Trinajstić information content (AvgIpc) is 3.11. The predicted molar refractivity (Wildman–Crippen MR) is 99.0 cm³/mol. The molecule has 5 heteroatoms. The fraction of sp³-hybridized carbons (Fsp3) is 0.650. The van der Waals surface area contributed by atoms with E-state index in [1.807, 2.05) is 4.90 Å². The molecule has 1 atom stereocenters. The quantitative estimate of drug-likeness (QED) is 0.918. The van der Waals surface area contributed by atoms with Crippen molar-refractivity contribution in [1.82, 2.24) is 9.80 Å². The Morgan fingerprint density at radius 2 is 2.00 bits per heavy atom. The number of hydrogen-bond donors (Lipinski definition) is 1. The van der Waals surface area contributed by atoms with Gasteiger partial charge in [-0.2, -0.15) is 0 Å². The number of carbonyl (C=O) groups is 1. The highest BCUT2D eigenvalue weighted by Crippen LogP contribution is 2.28. The SMILES string of the molecule is O=C(Nc1cccc2c1CCCC2)N1CC[C@@H](CN2CCOCC2)C1. The molecule has 0 saturated carbocycles. The van der Waals surface area contributed by atoms with E-state index in [0.717, 1.165) is 70.9 Å². The molecule has 136 valence electrons. The number of amides is 2. The number of hydrogen-bond acceptors (Lipinski definition) is 3. The lowest BCUT2D eigenvalue weighted by molar-refractivity contribution is 0.0314. The van der Waals surface area contributed by atoms with Crippen molar-refractivity contribution in [2.45, 2.75) is 32.1 Å². The van der Waals surface area contributed by atoms with E-state index < -0.39 is 0 Å². The molecule has 0 spiro atoms. The summed E-state index contributed by atoms with van der Waals surface area (Å²) in [5, 5.41) is 3.19. The maximum absolute atomic E-state index is 12.7. The van der Waals surface area contributed by atoms with E-state index in [2.05, 4.69) is 28.4 Å². The van der Waals surface area contributed by atoms with Crippen LogP contribution >= 0.6 is 0 Å². The molecule has 0 aromatic heterocycles. The summed E-state index contributed by atoms with van der Waals surface area (Å²) in [6, 6.07) is 6.41. The second kappa shape index (κ2) is 7.75. The van der Waals surface area contributed by atoms with Gasteiger partial charge in [0, 0.05) is 38.4 Å². The molecular weight excluding hydrogens is 314 g/mol. The van der Waals surface area contributed by atoms with Gasteiger partial charge < -0.3 is 15.0 Å². The highest BCUT2D eigenvalue weighted by Gasteiger charge is 2.28. The molecule has 0 unspecified atom stereocenters. The lowest BCUT2D eigenvalue weighted by Gasteiger charge is -2.29. The molecule has 1 aliphatic carbocycles. The Balaban J connectivity index is 1.33. The minimum absolute atomic E-state index is 0.0726. The Kier molecular flexibility index (Phi) is 5.22. The van der Waals surface area contributed by atoms with Crippen LogP contribution in [0.1, 0.15) is 30.4 Å². The molecule has 5 nitrogen and oxygen atoms in total. The third kappa shape index (κ3) is 3.98. The molecule has 2 aliphatic heterocycles. The molecule has 2 heterocycles. The first kappa shape index (κ1) is 16.9. The van der Waals surface area contributed by atoms with Crippen LogP contribution in [0.15, 0.2) is 18.2 Å². The summed E-state index contributed by atoms with van der Waals surface area (Å²) in [6.45, 7) is 6.58. The van der Waals surface area contributed by atoms with Crippen molar-refractivity contribution < 1.29 is 9.53 Å². The lowest BCUT2D eigenvalue weighted by atomic mass is 9.90. The first-order valence-corrected chi connectivity index (χ1v) is 9.76. The zero-order chi connectivity index (χ0) is 17.1. The molecule has 0 bridgehead atoms. The van der Waals surface area contributed by atoms with Crippen LogP contribution in [-0.2, 0) is 17.6 Å². The first-order chi connectivity index (χ1) is 12.3. The summed E-state index contributed by atoms with van der Waals surface area (Å²) in [5.74, 6) is 0.591. The van der Waals surface area contributed by atoms with Gasteiger partial charge in [0.05, 0.1) is 13.2 Å². The van der Waals surface area contributed by atoms with E-state index >= 15 is 0 Å². The third-order valence-electron chi connectivity index (χ3n) is 5.83. The molecule has 2 saturated heterocycles. The summed E-state index contributed by atoms with van der Waals surface area (Å²) in [7, 11) is 0. The van der Waals surface area contributed by atoms with E-state index in [-0.39, 0.29) is 6.03 Å². The van der Waals surface area contributed by atoms with E-state index in [0.29, 0.717) is 5.92 Å². The van der Waals surface area contributed by atoms with Gasteiger partial charge in [0.2, 0.25) is 0 Å². The van der Waals surface area contributed by atoms with Crippen molar-refractivity contribution >= 4 is 11.7 Å². The van der Waals surface area contributed by atoms with Crippen molar-refractivity contribution in [3.63, 3.8) is 0 Å². The Labute approximate surface area is 150 Å². The molecule has 2 amide bonds. The van der Waals surface area contributed by atoms with Crippen LogP contribution in [0.3, 0.4) is 0 Å². The average molecular weight is 343 g/mol. The smallest absolute Gasteiger partial charge is 0.321 e. The monoisotopic (exact) mass is 343 g/mol. The fourth-order valence-corrected chi connectivity index (χ4v) is 4.41. The van der Waals surface area contributed by atoms with Crippen molar-refractivity contribution in [3.8, 4) is 0 Å². The second-order valence-corrected chi connectivity index (χ2v) is 7.59. The van der Waals surface area contributed by atoms with Gasteiger partial charge in [0.1, 0.15) is 0 Å². The minimum atomic E-state index is 0.0726. The number of nitrogens with zero attached hydrogens (tertiary/aromatic N) is 2. The van der Waals surface area contributed by atoms with Gasteiger partial charge in [0.25, 0.3) is 0 Å². The van der Waals surface area contributed by atoms with E-state index in [1.54, 1.807) is 0 Å². The number of aryl methyl sites for hydroxylation is 1. The van der Waals surface area contributed by atoms with Crippen molar-refractivity contribution in [3.05, 3.63) is 29.3 Å². The van der Waals surface area contributed by atoms with E-state index in [4.69, 9.17) is 4.74 Å². The molecule has 2 fully saturated rings. The summed E-state index contributed by atoms with van der Waals surface area (Å²) in [4.78, 5) is 17.2. The third-order valence-corrected chi connectivity index (χ3v) is 5.83. The van der Waals surface area contributed by atoms with Gasteiger partial charge in [-0.1, -0.05) is 12.1 Å². The zero-order valence-corrected chi connectivity index (χ0v) is 15.0. The highest BCUT2D eigenvalue weighted by atomic mass is 16.5. The Bertz CT molecular complexity index is 613. The maximum Gasteiger partial charge on any atom is 0.321 e. The number of rotatable bonds is 3. The minimum Gasteiger partial charge on any atom is -0.379 e. The molecule has 1 aromatic rings. The normalized spacial score (nSPS) is 24.2. The Morgan fingerprint density at radius 1 is 1.16 bits per heavy atom. The van der Waals surface area contributed by atoms with Crippen LogP contribution in [-0.4, -0.2) is 61.8 Å². The second-order valence-electron chi connectivity index (χ2n) is 7.59. The summed E-state index contributed by atoms with van der Waals surface area (Å²) in [5.41, 5.74) is 3.79. The number of fused-ring (bicyclic) bond motifs is 1. The van der Waals surface area contributed by atoms with Gasteiger partial charge >= 0.3 is 6.03 Å². The Morgan fingerprint density at radius 3 is 2.88 bits per heavy atom. The van der Waals surface area contributed by atoms with Crippen molar-refractivity contribution in [1.29, 1.82) is 0 Å². The molecule has 3 aliphatic rings. The van der Waals surface area contributed by atoms with E-state index in [9.17, 15) is 4.79 Å². The highest BCUT2D eigenvalue weighted by molar-refractivity contribution is 5.90. The number of likely N-dealkylation sites (tertiary alicyclic amines) is 1. The molecule has 0 radical (unpaired) electrons. The summed E-state index contributed by atoms with van der Waals surface area (Å²) >= 11 is 0. The van der Waals surface area contributed by atoms with Crippen LogP contribution in [0, 0.1) is 5.92 Å². The van der Waals surface area contributed by atoms with Crippen molar-refractivity contribution in [2.75, 3.05) is 51.3 Å². The Hall–Kier alpha value is -1.59. The molecule has 4 rings (SSSR count). The number of benzene rings is 1. The standard InChI is InChI=1S/C20H29N3O2/c24-20(21-19-7-3-5-17-4-1-2-6-18(17)19)23-9-8-16(15-23)14-22-10-12-25-13-11-22/h3,5,7,16H,1-2,4,6,8-15H2,(H,21,24)/t16-/m0/s1. The molecule has 25 heavy (non-hydrogen) atoms. The van der Waals surface area contributed by atoms with Gasteiger partial charge in [-0.25, -0.2) is 4.79 Å². The van der Waals surface area contributed by atoms with Gasteiger partial charge in [-0.3, -0.25) is 4.90 Å². The number of morpholine rings is 1. The van der Waals surface area contributed by atoms with Crippen LogP contribution < -0.4 is 5.32 Å². The van der Waals surface area contributed by atoms with E-state index in [1.165, 1.54) is 24.0 Å². The number of carbonyl (C=O) groups excluding carboxylic acids is 1. The zero-order valence-electron chi connectivity index (χ0n) is 15.0. The molecule has 1 N–H and O–H groups in total. The van der Waals surface area contributed by atoms with Crippen LogP contribution in [0.4, 0.5) is 10.5 Å². The summed E-state index contributed by atoms with van der Waals surface area (Å²) in [6.07, 6.45) is 5.83. The predicted octanol–water partition coefficient (Wildman–Crippen LogP) is 2.75. The number of anilines is 1. The lowest BCUT2D eigenvalue weighted by Crippen LogP contribution is -2.40. The number of ether oxygens (including phenoxy) is 1. The number of nitrogens with one attached hydrogen (secondary N) is 1.